The SMILES string of the molecule is Cc1nc(C)c(C(C)Nc2cccc(C#N)c2N)s1. The minimum absolute atomic E-state index is 0.113. The van der Waals surface area contributed by atoms with Crippen LogP contribution in [0.2, 0.25) is 0 Å². The predicted molar refractivity (Wildman–Crippen MR) is 79.2 cm³/mol. The molecule has 0 aliphatic heterocycles. The van der Waals surface area contributed by atoms with Gasteiger partial charge in [-0.25, -0.2) is 4.98 Å². The minimum atomic E-state index is 0.113. The van der Waals surface area contributed by atoms with Gasteiger partial charge < -0.3 is 11.1 Å². The van der Waals surface area contributed by atoms with Crippen molar-refractivity contribution < 1.29 is 0 Å². The normalized spacial score (nSPS) is 11.9. The predicted octanol–water partition coefficient (Wildman–Crippen LogP) is 3.39. The first-order valence-electron chi connectivity index (χ1n) is 6.02. The molecule has 0 saturated heterocycles. The van der Waals surface area contributed by atoms with Crippen molar-refractivity contribution in [2.45, 2.75) is 26.8 Å². The molecule has 19 heavy (non-hydrogen) atoms. The van der Waals surface area contributed by atoms with E-state index in [1.165, 1.54) is 4.88 Å². The van der Waals surface area contributed by atoms with Gasteiger partial charge in [-0.15, -0.1) is 11.3 Å². The number of aryl methyl sites for hydroxylation is 2. The molecule has 0 radical (unpaired) electrons. The van der Waals surface area contributed by atoms with Crippen molar-refractivity contribution in [1.82, 2.24) is 4.98 Å². The van der Waals surface area contributed by atoms with E-state index in [9.17, 15) is 0 Å². The molecule has 4 nitrogen and oxygen atoms in total. The van der Waals surface area contributed by atoms with E-state index in [1.807, 2.05) is 26.0 Å². The lowest BCUT2D eigenvalue weighted by atomic mass is 10.1. The number of rotatable bonds is 3. The lowest BCUT2D eigenvalue weighted by Crippen LogP contribution is -2.08. The van der Waals surface area contributed by atoms with Gasteiger partial charge in [0.05, 0.1) is 33.7 Å². The van der Waals surface area contributed by atoms with Crippen LogP contribution in [-0.4, -0.2) is 4.98 Å². The van der Waals surface area contributed by atoms with Crippen molar-refractivity contribution in [1.29, 1.82) is 5.26 Å². The molecule has 0 fully saturated rings. The maximum Gasteiger partial charge on any atom is 0.101 e. The summed E-state index contributed by atoms with van der Waals surface area (Å²) in [6.45, 7) is 6.07. The van der Waals surface area contributed by atoms with E-state index >= 15 is 0 Å². The molecule has 2 aromatic rings. The summed E-state index contributed by atoms with van der Waals surface area (Å²) in [5, 5.41) is 13.4. The quantitative estimate of drug-likeness (QED) is 0.840. The molecule has 1 unspecified atom stereocenters. The molecule has 98 valence electrons. The van der Waals surface area contributed by atoms with Gasteiger partial charge in [0, 0.05) is 4.88 Å². The van der Waals surface area contributed by atoms with Gasteiger partial charge in [-0.05, 0) is 32.9 Å². The van der Waals surface area contributed by atoms with E-state index in [4.69, 9.17) is 11.0 Å². The molecule has 0 spiro atoms. The van der Waals surface area contributed by atoms with Crippen LogP contribution in [0.25, 0.3) is 0 Å². The van der Waals surface area contributed by atoms with E-state index in [0.717, 1.165) is 16.4 Å². The first kappa shape index (κ1) is 13.4. The Morgan fingerprint density at radius 1 is 1.42 bits per heavy atom. The third-order valence-corrected chi connectivity index (χ3v) is 4.19. The second-order valence-electron chi connectivity index (χ2n) is 4.43. The largest absolute Gasteiger partial charge is 0.396 e. The highest BCUT2D eigenvalue weighted by Crippen LogP contribution is 2.30. The second-order valence-corrected chi connectivity index (χ2v) is 5.66. The number of nitrogen functional groups attached to an aromatic ring is 1. The number of nitrogens with one attached hydrogen (secondary N) is 1. The zero-order valence-electron chi connectivity index (χ0n) is 11.2. The Balaban J connectivity index is 2.27. The zero-order valence-corrected chi connectivity index (χ0v) is 12.0. The topological polar surface area (TPSA) is 74.7 Å². The standard InChI is InChI=1S/C14H16N4S/c1-8-14(19-10(3)17-8)9(2)18-12-6-4-5-11(7-15)13(12)16/h4-6,9,18H,16H2,1-3H3. The number of para-hydroxylation sites is 1. The monoisotopic (exact) mass is 272 g/mol. The molecular formula is C14H16N4S. The average molecular weight is 272 g/mol. The van der Waals surface area contributed by atoms with Gasteiger partial charge in [0.15, 0.2) is 0 Å². The maximum absolute atomic E-state index is 8.98. The van der Waals surface area contributed by atoms with E-state index in [2.05, 4.69) is 23.3 Å². The Kier molecular flexibility index (Phi) is 3.72. The molecule has 0 bridgehead atoms. The molecule has 0 aliphatic carbocycles. The van der Waals surface area contributed by atoms with E-state index in [0.29, 0.717) is 11.3 Å². The molecule has 1 aromatic heterocycles. The first-order valence-corrected chi connectivity index (χ1v) is 6.83. The molecule has 0 aliphatic rings. The van der Waals surface area contributed by atoms with Crippen molar-refractivity contribution in [3.8, 4) is 6.07 Å². The Bertz CT molecular complexity index is 639. The molecule has 3 N–H and O–H groups in total. The number of anilines is 2. The Labute approximate surface area is 116 Å². The van der Waals surface area contributed by atoms with Gasteiger partial charge >= 0.3 is 0 Å². The van der Waals surface area contributed by atoms with E-state index in [1.54, 1.807) is 17.4 Å². The number of hydrogen-bond donors (Lipinski definition) is 2. The average Bonchev–Trinajstić information content (AvgIpc) is 2.71. The summed E-state index contributed by atoms with van der Waals surface area (Å²) in [5.41, 5.74) is 8.79. The summed E-state index contributed by atoms with van der Waals surface area (Å²) in [7, 11) is 0. The number of nitrogens with two attached hydrogens (primary N) is 1. The van der Waals surface area contributed by atoms with Gasteiger partial charge in [0.1, 0.15) is 6.07 Å². The van der Waals surface area contributed by atoms with Gasteiger partial charge in [0.2, 0.25) is 0 Å². The molecule has 5 heteroatoms. The number of nitriles is 1. The number of thiazole rings is 1. The number of aromatic nitrogens is 1. The summed E-state index contributed by atoms with van der Waals surface area (Å²) in [6.07, 6.45) is 0. The maximum atomic E-state index is 8.98. The van der Waals surface area contributed by atoms with Crippen LogP contribution in [-0.2, 0) is 0 Å². The molecule has 1 aromatic carbocycles. The molecule has 1 heterocycles. The lowest BCUT2D eigenvalue weighted by Gasteiger charge is -2.16. The molecule has 2 rings (SSSR count). The Hall–Kier alpha value is -2.06. The van der Waals surface area contributed by atoms with Crippen molar-refractivity contribution in [2.24, 2.45) is 0 Å². The lowest BCUT2D eigenvalue weighted by molar-refractivity contribution is 0.890. The van der Waals surface area contributed by atoms with Crippen LogP contribution in [0, 0.1) is 25.2 Å². The number of benzene rings is 1. The van der Waals surface area contributed by atoms with E-state index < -0.39 is 0 Å². The summed E-state index contributed by atoms with van der Waals surface area (Å²) >= 11 is 1.68. The van der Waals surface area contributed by atoms with Crippen molar-refractivity contribution in [3.05, 3.63) is 39.3 Å². The molecule has 1 atom stereocenters. The smallest absolute Gasteiger partial charge is 0.101 e. The van der Waals surface area contributed by atoms with Gasteiger partial charge in [0.25, 0.3) is 0 Å². The highest BCUT2D eigenvalue weighted by atomic mass is 32.1. The second kappa shape index (κ2) is 5.29. The first-order chi connectivity index (χ1) is 9.02. The minimum Gasteiger partial charge on any atom is -0.396 e. The van der Waals surface area contributed by atoms with Crippen LogP contribution >= 0.6 is 11.3 Å². The van der Waals surface area contributed by atoms with Gasteiger partial charge in [-0.3, -0.25) is 0 Å². The summed E-state index contributed by atoms with van der Waals surface area (Å²) in [4.78, 5) is 5.62. The third kappa shape index (κ3) is 2.69. The fraction of sp³-hybridized carbons (Fsp3) is 0.286. The Morgan fingerprint density at radius 2 is 2.16 bits per heavy atom. The van der Waals surface area contributed by atoms with Gasteiger partial charge in [-0.1, -0.05) is 6.07 Å². The molecule has 0 saturated carbocycles. The van der Waals surface area contributed by atoms with Crippen molar-refractivity contribution in [3.63, 3.8) is 0 Å². The van der Waals surface area contributed by atoms with Crippen molar-refractivity contribution >= 4 is 22.7 Å². The van der Waals surface area contributed by atoms with Crippen LogP contribution in [0.5, 0.6) is 0 Å². The molecular weight excluding hydrogens is 256 g/mol. The summed E-state index contributed by atoms with van der Waals surface area (Å²) in [6, 6.07) is 7.63. The zero-order chi connectivity index (χ0) is 14.0. The van der Waals surface area contributed by atoms with E-state index in [-0.39, 0.29) is 6.04 Å². The highest BCUT2D eigenvalue weighted by Gasteiger charge is 2.14. The fourth-order valence-corrected chi connectivity index (χ4v) is 2.97. The van der Waals surface area contributed by atoms with Gasteiger partial charge in [-0.2, -0.15) is 5.26 Å². The summed E-state index contributed by atoms with van der Waals surface area (Å²) in [5.74, 6) is 0. The molecule has 0 amide bonds. The number of hydrogen-bond acceptors (Lipinski definition) is 5. The van der Waals surface area contributed by atoms with Crippen LogP contribution < -0.4 is 11.1 Å². The fourth-order valence-electron chi connectivity index (χ4n) is 2.04. The van der Waals surface area contributed by atoms with Crippen molar-refractivity contribution in [2.75, 3.05) is 11.1 Å². The number of nitrogens with zero attached hydrogens (tertiary/aromatic N) is 2. The Morgan fingerprint density at radius 3 is 2.74 bits per heavy atom. The summed E-state index contributed by atoms with van der Waals surface area (Å²) < 4.78 is 0. The van der Waals surface area contributed by atoms with Crippen LogP contribution in [0.3, 0.4) is 0 Å². The van der Waals surface area contributed by atoms with Crippen LogP contribution in [0.15, 0.2) is 18.2 Å². The van der Waals surface area contributed by atoms with Crippen LogP contribution in [0.1, 0.15) is 34.1 Å². The highest BCUT2D eigenvalue weighted by molar-refractivity contribution is 7.11. The third-order valence-electron chi connectivity index (χ3n) is 2.93. The van der Waals surface area contributed by atoms with Crippen LogP contribution in [0.4, 0.5) is 11.4 Å².